The SMILES string of the molecule is COC(=O)c1ccc(NC(=O)C(C)(C)C)c(N)c1. The van der Waals surface area contributed by atoms with Crippen LogP contribution in [-0.2, 0) is 9.53 Å². The highest BCUT2D eigenvalue weighted by Gasteiger charge is 2.22. The Labute approximate surface area is 106 Å². The summed E-state index contributed by atoms with van der Waals surface area (Å²) in [7, 11) is 1.30. The van der Waals surface area contributed by atoms with Gasteiger partial charge in [-0.3, -0.25) is 4.79 Å². The van der Waals surface area contributed by atoms with Crippen LogP contribution in [0.15, 0.2) is 18.2 Å². The topological polar surface area (TPSA) is 81.4 Å². The highest BCUT2D eigenvalue weighted by atomic mass is 16.5. The molecule has 0 fully saturated rings. The van der Waals surface area contributed by atoms with E-state index in [0.717, 1.165) is 0 Å². The number of amides is 1. The standard InChI is InChI=1S/C13H18N2O3/c1-13(2,3)12(17)15-10-6-5-8(7-9(10)14)11(16)18-4/h5-7H,14H2,1-4H3,(H,15,17). The summed E-state index contributed by atoms with van der Waals surface area (Å²) in [4.78, 5) is 23.1. The molecular weight excluding hydrogens is 232 g/mol. The van der Waals surface area contributed by atoms with Gasteiger partial charge in [-0.2, -0.15) is 0 Å². The summed E-state index contributed by atoms with van der Waals surface area (Å²) in [6.45, 7) is 5.42. The lowest BCUT2D eigenvalue weighted by Crippen LogP contribution is -2.28. The summed E-state index contributed by atoms with van der Waals surface area (Å²) < 4.78 is 4.58. The molecule has 98 valence electrons. The number of carbonyl (C=O) groups excluding carboxylic acids is 2. The highest BCUT2D eigenvalue weighted by molar-refractivity contribution is 5.98. The molecule has 0 atom stereocenters. The number of rotatable bonds is 2. The van der Waals surface area contributed by atoms with Crippen molar-refractivity contribution in [1.82, 2.24) is 0 Å². The van der Waals surface area contributed by atoms with E-state index in [9.17, 15) is 9.59 Å². The van der Waals surface area contributed by atoms with Crippen molar-refractivity contribution in [2.24, 2.45) is 5.41 Å². The van der Waals surface area contributed by atoms with Crippen molar-refractivity contribution in [3.8, 4) is 0 Å². The van der Waals surface area contributed by atoms with E-state index in [0.29, 0.717) is 16.9 Å². The van der Waals surface area contributed by atoms with Crippen molar-refractivity contribution >= 4 is 23.3 Å². The fourth-order valence-electron chi connectivity index (χ4n) is 1.23. The molecule has 0 aliphatic heterocycles. The first-order valence-electron chi connectivity index (χ1n) is 5.55. The van der Waals surface area contributed by atoms with E-state index in [1.165, 1.54) is 13.2 Å². The Morgan fingerprint density at radius 3 is 2.33 bits per heavy atom. The van der Waals surface area contributed by atoms with Gasteiger partial charge in [0.1, 0.15) is 0 Å². The molecule has 0 aliphatic carbocycles. The number of carbonyl (C=O) groups is 2. The Morgan fingerprint density at radius 1 is 1.28 bits per heavy atom. The molecule has 0 saturated carbocycles. The molecule has 1 amide bonds. The number of nitrogens with one attached hydrogen (secondary N) is 1. The van der Waals surface area contributed by atoms with E-state index in [1.54, 1.807) is 32.9 Å². The van der Waals surface area contributed by atoms with Gasteiger partial charge in [-0.05, 0) is 18.2 Å². The molecule has 0 heterocycles. The average molecular weight is 250 g/mol. The minimum absolute atomic E-state index is 0.139. The van der Waals surface area contributed by atoms with Gasteiger partial charge in [-0.1, -0.05) is 20.8 Å². The Morgan fingerprint density at radius 2 is 1.89 bits per heavy atom. The van der Waals surface area contributed by atoms with Crippen LogP contribution in [0.1, 0.15) is 31.1 Å². The van der Waals surface area contributed by atoms with Crippen LogP contribution in [0.2, 0.25) is 0 Å². The maximum atomic E-state index is 11.8. The monoisotopic (exact) mass is 250 g/mol. The third kappa shape index (κ3) is 3.23. The molecule has 0 bridgehead atoms. The molecule has 5 nitrogen and oxygen atoms in total. The summed E-state index contributed by atoms with van der Waals surface area (Å²) >= 11 is 0. The number of esters is 1. The zero-order valence-corrected chi connectivity index (χ0v) is 11.0. The number of nitrogens with two attached hydrogens (primary N) is 1. The molecule has 3 N–H and O–H groups in total. The van der Waals surface area contributed by atoms with Gasteiger partial charge in [0, 0.05) is 5.41 Å². The molecule has 0 spiro atoms. The summed E-state index contributed by atoms with van der Waals surface area (Å²) in [5, 5.41) is 2.72. The lowest BCUT2D eigenvalue weighted by atomic mass is 9.95. The number of anilines is 2. The fourth-order valence-corrected chi connectivity index (χ4v) is 1.23. The molecule has 0 aliphatic rings. The van der Waals surface area contributed by atoms with Crippen LogP contribution < -0.4 is 11.1 Å². The van der Waals surface area contributed by atoms with Crippen molar-refractivity contribution in [2.45, 2.75) is 20.8 Å². The molecule has 0 unspecified atom stereocenters. The third-order valence-corrected chi connectivity index (χ3v) is 2.40. The fraction of sp³-hybridized carbons (Fsp3) is 0.385. The van der Waals surface area contributed by atoms with Crippen LogP contribution in [0, 0.1) is 5.41 Å². The molecule has 1 aromatic rings. The second kappa shape index (κ2) is 5.08. The Bertz CT molecular complexity index is 476. The van der Waals surface area contributed by atoms with Crippen molar-refractivity contribution in [3.05, 3.63) is 23.8 Å². The number of hydrogen-bond donors (Lipinski definition) is 2. The van der Waals surface area contributed by atoms with Crippen molar-refractivity contribution in [1.29, 1.82) is 0 Å². The van der Waals surface area contributed by atoms with E-state index in [2.05, 4.69) is 10.1 Å². The van der Waals surface area contributed by atoms with E-state index >= 15 is 0 Å². The largest absolute Gasteiger partial charge is 0.465 e. The second-order valence-corrected chi connectivity index (χ2v) is 5.00. The number of benzene rings is 1. The lowest BCUT2D eigenvalue weighted by Gasteiger charge is -2.18. The highest BCUT2D eigenvalue weighted by Crippen LogP contribution is 2.23. The number of methoxy groups -OCH3 is 1. The van der Waals surface area contributed by atoms with Crippen LogP contribution >= 0.6 is 0 Å². The predicted molar refractivity (Wildman–Crippen MR) is 70.3 cm³/mol. The first-order valence-corrected chi connectivity index (χ1v) is 5.55. The van der Waals surface area contributed by atoms with Crippen LogP contribution in [0.5, 0.6) is 0 Å². The number of nitrogen functional groups attached to an aromatic ring is 1. The van der Waals surface area contributed by atoms with Crippen molar-refractivity contribution in [2.75, 3.05) is 18.2 Å². The maximum Gasteiger partial charge on any atom is 0.337 e. The Kier molecular flexibility index (Phi) is 3.96. The van der Waals surface area contributed by atoms with Crippen molar-refractivity contribution in [3.63, 3.8) is 0 Å². The molecule has 0 aromatic heterocycles. The first kappa shape index (κ1) is 14.0. The quantitative estimate of drug-likeness (QED) is 0.621. The van der Waals surface area contributed by atoms with Gasteiger partial charge in [0.15, 0.2) is 0 Å². The van der Waals surface area contributed by atoms with Gasteiger partial charge in [0.2, 0.25) is 5.91 Å². The van der Waals surface area contributed by atoms with Crippen LogP contribution in [0.3, 0.4) is 0 Å². The molecule has 1 aromatic carbocycles. The van der Waals surface area contributed by atoms with Gasteiger partial charge < -0.3 is 15.8 Å². The molecule has 1 rings (SSSR count). The number of ether oxygens (including phenoxy) is 1. The molecule has 0 saturated heterocycles. The normalized spacial score (nSPS) is 10.9. The maximum absolute atomic E-state index is 11.8. The second-order valence-electron chi connectivity index (χ2n) is 5.00. The zero-order valence-electron chi connectivity index (χ0n) is 11.0. The average Bonchev–Trinajstić information content (AvgIpc) is 2.29. The first-order chi connectivity index (χ1) is 8.25. The van der Waals surface area contributed by atoms with Crippen molar-refractivity contribution < 1.29 is 14.3 Å². The van der Waals surface area contributed by atoms with Gasteiger partial charge in [-0.25, -0.2) is 4.79 Å². The van der Waals surface area contributed by atoms with E-state index in [4.69, 9.17) is 5.73 Å². The third-order valence-electron chi connectivity index (χ3n) is 2.40. The van der Waals surface area contributed by atoms with Crippen LogP contribution in [-0.4, -0.2) is 19.0 Å². The summed E-state index contributed by atoms with van der Waals surface area (Å²) in [6.07, 6.45) is 0. The molecule has 18 heavy (non-hydrogen) atoms. The number of hydrogen-bond acceptors (Lipinski definition) is 4. The summed E-state index contributed by atoms with van der Waals surface area (Å²) in [5.41, 5.74) is 6.44. The van der Waals surface area contributed by atoms with Gasteiger partial charge in [-0.15, -0.1) is 0 Å². The molecule has 5 heteroatoms. The van der Waals surface area contributed by atoms with E-state index in [1.807, 2.05) is 0 Å². The Balaban J connectivity index is 2.94. The van der Waals surface area contributed by atoms with E-state index in [-0.39, 0.29) is 5.91 Å². The minimum Gasteiger partial charge on any atom is -0.465 e. The van der Waals surface area contributed by atoms with E-state index < -0.39 is 11.4 Å². The zero-order chi connectivity index (χ0) is 13.9. The Hall–Kier alpha value is -2.04. The van der Waals surface area contributed by atoms with Crippen LogP contribution in [0.4, 0.5) is 11.4 Å². The predicted octanol–water partition coefficient (Wildman–Crippen LogP) is 2.04. The lowest BCUT2D eigenvalue weighted by molar-refractivity contribution is -0.123. The minimum atomic E-state index is -0.506. The molecular formula is C13H18N2O3. The molecule has 0 radical (unpaired) electrons. The smallest absolute Gasteiger partial charge is 0.337 e. The summed E-state index contributed by atoms with van der Waals surface area (Å²) in [5.74, 6) is -0.601. The summed E-state index contributed by atoms with van der Waals surface area (Å²) in [6, 6.07) is 4.62. The van der Waals surface area contributed by atoms with Gasteiger partial charge in [0.05, 0.1) is 24.0 Å². The van der Waals surface area contributed by atoms with Crippen LogP contribution in [0.25, 0.3) is 0 Å². The van der Waals surface area contributed by atoms with Gasteiger partial charge >= 0.3 is 5.97 Å². The van der Waals surface area contributed by atoms with Gasteiger partial charge in [0.25, 0.3) is 0 Å².